The van der Waals surface area contributed by atoms with E-state index in [4.69, 9.17) is 9.84 Å². The van der Waals surface area contributed by atoms with Crippen molar-refractivity contribution < 1.29 is 23.8 Å². The molecule has 1 aliphatic rings. The Balaban J connectivity index is 1.95. The van der Waals surface area contributed by atoms with Gasteiger partial charge in [-0.3, -0.25) is 4.79 Å². The number of carboxylic acid groups (broad SMARTS) is 1. The third-order valence-corrected chi connectivity index (χ3v) is 2.92. The summed E-state index contributed by atoms with van der Waals surface area (Å²) in [7, 11) is 1.33. The van der Waals surface area contributed by atoms with Crippen molar-refractivity contribution in [1.82, 2.24) is 4.90 Å². The summed E-state index contributed by atoms with van der Waals surface area (Å²) in [5.74, 6) is -1.90. The normalized spacial score (nSPS) is 14.7. The molecule has 1 aliphatic heterocycles. The summed E-state index contributed by atoms with van der Waals surface area (Å²) in [6, 6.07) is 3.54. The number of anilines is 1. The largest absolute Gasteiger partial charge is 0.494 e. The van der Waals surface area contributed by atoms with Crippen LogP contribution in [0.15, 0.2) is 18.2 Å². The van der Waals surface area contributed by atoms with Crippen LogP contribution in [0.3, 0.4) is 0 Å². The fourth-order valence-electron chi connectivity index (χ4n) is 1.74. The van der Waals surface area contributed by atoms with Crippen molar-refractivity contribution >= 4 is 17.7 Å². The van der Waals surface area contributed by atoms with Gasteiger partial charge in [-0.1, -0.05) is 0 Å². The SMILES string of the molecule is COc1cc(NC(=O)N2CC(C(=O)O)C2)ccc1F. The Kier molecular flexibility index (Phi) is 3.55. The molecule has 1 aromatic rings. The summed E-state index contributed by atoms with van der Waals surface area (Å²) < 4.78 is 18.0. The van der Waals surface area contributed by atoms with Crippen molar-refractivity contribution in [2.24, 2.45) is 5.92 Å². The number of rotatable bonds is 3. The van der Waals surface area contributed by atoms with Gasteiger partial charge in [0.2, 0.25) is 0 Å². The summed E-state index contributed by atoms with van der Waals surface area (Å²) in [4.78, 5) is 23.7. The topological polar surface area (TPSA) is 78.9 Å². The molecular formula is C12H13FN2O4. The quantitative estimate of drug-likeness (QED) is 0.868. The average molecular weight is 268 g/mol. The molecule has 7 heteroatoms. The summed E-state index contributed by atoms with van der Waals surface area (Å²) in [5, 5.41) is 11.3. The van der Waals surface area contributed by atoms with Crippen LogP contribution < -0.4 is 10.1 Å². The molecule has 0 unspecified atom stereocenters. The van der Waals surface area contributed by atoms with Crippen LogP contribution in [0.2, 0.25) is 0 Å². The molecule has 0 saturated carbocycles. The number of amides is 2. The molecular weight excluding hydrogens is 255 g/mol. The summed E-state index contributed by atoms with van der Waals surface area (Å²) in [6.45, 7) is 0.360. The number of carbonyl (C=O) groups excluding carboxylic acids is 1. The number of aliphatic carboxylic acids is 1. The Morgan fingerprint density at radius 3 is 2.74 bits per heavy atom. The van der Waals surface area contributed by atoms with Crippen molar-refractivity contribution in [3.05, 3.63) is 24.0 Å². The van der Waals surface area contributed by atoms with Crippen molar-refractivity contribution in [3.63, 3.8) is 0 Å². The second-order valence-corrected chi connectivity index (χ2v) is 4.22. The third kappa shape index (κ3) is 2.75. The van der Waals surface area contributed by atoms with E-state index in [0.29, 0.717) is 5.69 Å². The first-order valence-corrected chi connectivity index (χ1v) is 5.63. The van der Waals surface area contributed by atoms with E-state index in [0.717, 1.165) is 0 Å². The summed E-state index contributed by atoms with van der Waals surface area (Å²) in [6.07, 6.45) is 0. The van der Waals surface area contributed by atoms with E-state index in [-0.39, 0.29) is 18.8 Å². The van der Waals surface area contributed by atoms with Crippen LogP contribution in [0.1, 0.15) is 0 Å². The van der Waals surface area contributed by atoms with Crippen LogP contribution >= 0.6 is 0 Å². The maximum absolute atomic E-state index is 13.2. The summed E-state index contributed by atoms with van der Waals surface area (Å²) in [5.41, 5.74) is 0.391. The number of nitrogens with zero attached hydrogens (tertiary/aromatic N) is 1. The molecule has 19 heavy (non-hydrogen) atoms. The maximum Gasteiger partial charge on any atom is 0.321 e. The van der Waals surface area contributed by atoms with Crippen molar-refractivity contribution in [2.45, 2.75) is 0 Å². The van der Waals surface area contributed by atoms with Crippen LogP contribution in [-0.4, -0.2) is 42.2 Å². The Hall–Kier alpha value is -2.31. The van der Waals surface area contributed by atoms with Gasteiger partial charge in [0.25, 0.3) is 0 Å². The van der Waals surface area contributed by atoms with Gasteiger partial charge in [0.05, 0.1) is 13.0 Å². The van der Waals surface area contributed by atoms with Gasteiger partial charge in [0.1, 0.15) is 0 Å². The molecule has 1 saturated heterocycles. The minimum atomic E-state index is -0.910. The number of carboxylic acids is 1. The number of urea groups is 1. The van der Waals surface area contributed by atoms with E-state index in [2.05, 4.69) is 5.32 Å². The molecule has 0 aromatic heterocycles. The van der Waals surface area contributed by atoms with Gasteiger partial charge in [0, 0.05) is 24.8 Å². The van der Waals surface area contributed by atoms with Gasteiger partial charge >= 0.3 is 12.0 Å². The van der Waals surface area contributed by atoms with Crippen LogP contribution in [0.25, 0.3) is 0 Å². The standard InChI is InChI=1S/C12H13FN2O4/c1-19-10-4-8(2-3-9(10)13)14-12(18)15-5-7(6-15)11(16)17/h2-4,7H,5-6H2,1H3,(H,14,18)(H,16,17). The molecule has 0 aliphatic carbocycles. The number of hydrogen-bond donors (Lipinski definition) is 2. The second-order valence-electron chi connectivity index (χ2n) is 4.22. The number of benzene rings is 1. The molecule has 1 aromatic carbocycles. The highest BCUT2D eigenvalue weighted by Gasteiger charge is 2.35. The fraction of sp³-hybridized carbons (Fsp3) is 0.333. The number of likely N-dealkylation sites (tertiary alicyclic amines) is 1. The van der Waals surface area contributed by atoms with Gasteiger partial charge in [-0.25, -0.2) is 9.18 Å². The zero-order chi connectivity index (χ0) is 14.0. The first kappa shape index (κ1) is 13.1. The van der Waals surface area contributed by atoms with Gasteiger partial charge in [-0.15, -0.1) is 0 Å². The Labute approximate surface area is 108 Å². The minimum Gasteiger partial charge on any atom is -0.494 e. The molecule has 2 amide bonds. The van der Waals surface area contributed by atoms with Crippen LogP contribution in [0, 0.1) is 11.7 Å². The van der Waals surface area contributed by atoms with E-state index in [9.17, 15) is 14.0 Å². The molecule has 6 nitrogen and oxygen atoms in total. The molecule has 1 heterocycles. The van der Waals surface area contributed by atoms with Gasteiger partial charge in [0.15, 0.2) is 11.6 Å². The molecule has 2 N–H and O–H groups in total. The van der Waals surface area contributed by atoms with Gasteiger partial charge in [-0.2, -0.15) is 0 Å². The van der Waals surface area contributed by atoms with E-state index in [1.165, 1.54) is 30.2 Å². The van der Waals surface area contributed by atoms with Gasteiger partial charge < -0.3 is 20.1 Å². The molecule has 0 atom stereocenters. The molecule has 2 rings (SSSR count). The molecule has 0 spiro atoms. The number of ether oxygens (including phenoxy) is 1. The lowest BCUT2D eigenvalue weighted by atomic mass is 10.0. The maximum atomic E-state index is 13.2. The molecule has 102 valence electrons. The van der Waals surface area contributed by atoms with E-state index < -0.39 is 23.7 Å². The monoisotopic (exact) mass is 268 g/mol. The Morgan fingerprint density at radius 2 is 2.16 bits per heavy atom. The average Bonchev–Trinajstić information content (AvgIpc) is 2.29. The lowest BCUT2D eigenvalue weighted by Crippen LogP contribution is -2.54. The predicted molar refractivity (Wildman–Crippen MR) is 64.7 cm³/mol. The Bertz CT molecular complexity index is 514. The first-order valence-electron chi connectivity index (χ1n) is 5.63. The fourth-order valence-corrected chi connectivity index (χ4v) is 1.74. The molecule has 1 fully saturated rings. The number of methoxy groups -OCH3 is 1. The van der Waals surface area contributed by atoms with Gasteiger partial charge in [-0.05, 0) is 12.1 Å². The highest BCUT2D eigenvalue weighted by molar-refractivity contribution is 5.91. The van der Waals surface area contributed by atoms with Crippen molar-refractivity contribution in [2.75, 3.05) is 25.5 Å². The highest BCUT2D eigenvalue weighted by atomic mass is 19.1. The Morgan fingerprint density at radius 1 is 1.47 bits per heavy atom. The highest BCUT2D eigenvalue weighted by Crippen LogP contribution is 2.23. The van der Waals surface area contributed by atoms with Crippen LogP contribution in [0.4, 0.5) is 14.9 Å². The number of carbonyl (C=O) groups is 2. The first-order chi connectivity index (χ1) is 9.01. The number of halogens is 1. The summed E-state index contributed by atoms with van der Waals surface area (Å²) >= 11 is 0. The number of nitrogens with one attached hydrogen (secondary N) is 1. The molecule has 0 radical (unpaired) electrons. The lowest BCUT2D eigenvalue weighted by Gasteiger charge is -2.36. The zero-order valence-corrected chi connectivity index (χ0v) is 10.2. The second kappa shape index (κ2) is 5.13. The molecule has 0 bridgehead atoms. The van der Waals surface area contributed by atoms with Crippen LogP contribution in [-0.2, 0) is 4.79 Å². The van der Waals surface area contributed by atoms with Crippen molar-refractivity contribution in [3.8, 4) is 5.75 Å². The smallest absolute Gasteiger partial charge is 0.321 e. The lowest BCUT2D eigenvalue weighted by molar-refractivity contribution is -0.145. The number of hydrogen-bond acceptors (Lipinski definition) is 3. The predicted octanol–water partition coefficient (Wildman–Crippen LogP) is 1.38. The minimum absolute atomic E-state index is 0.0322. The zero-order valence-electron chi connectivity index (χ0n) is 10.2. The van der Waals surface area contributed by atoms with Crippen molar-refractivity contribution in [1.29, 1.82) is 0 Å². The van der Waals surface area contributed by atoms with E-state index >= 15 is 0 Å². The van der Waals surface area contributed by atoms with Crippen LogP contribution in [0.5, 0.6) is 5.75 Å². The third-order valence-electron chi connectivity index (χ3n) is 2.92. The van der Waals surface area contributed by atoms with E-state index in [1.54, 1.807) is 0 Å². The van der Waals surface area contributed by atoms with E-state index in [1.807, 2.05) is 0 Å².